The van der Waals surface area contributed by atoms with E-state index in [1.165, 1.54) is 12.1 Å². The SMILES string of the molecule is O=C1CC=CCC1c1ccc(F)cc1. The fourth-order valence-electron chi connectivity index (χ4n) is 1.72. The molecular formula is C12H11FO. The lowest BCUT2D eigenvalue weighted by molar-refractivity contribution is -0.119. The average Bonchev–Trinajstić information content (AvgIpc) is 2.20. The maximum absolute atomic E-state index is 12.7. The van der Waals surface area contributed by atoms with Crippen LogP contribution in [0, 0.1) is 5.82 Å². The topological polar surface area (TPSA) is 17.1 Å². The van der Waals surface area contributed by atoms with E-state index in [9.17, 15) is 9.18 Å². The molecule has 1 atom stereocenters. The standard InChI is InChI=1S/C12H11FO/c13-10-7-5-9(6-8-10)11-3-1-2-4-12(11)14/h1-2,5-8,11H,3-4H2. The van der Waals surface area contributed by atoms with Crippen molar-refractivity contribution in [2.45, 2.75) is 18.8 Å². The third-order valence-electron chi connectivity index (χ3n) is 2.52. The molecule has 0 aliphatic heterocycles. The molecular weight excluding hydrogens is 179 g/mol. The number of hydrogen-bond donors (Lipinski definition) is 0. The molecule has 0 N–H and O–H groups in total. The molecule has 0 fully saturated rings. The largest absolute Gasteiger partial charge is 0.299 e. The summed E-state index contributed by atoms with van der Waals surface area (Å²) in [6.45, 7) is 0. The Morgan fingerprint density at radius 1 is 1.14 bits per heavy atom. The average molecular weight is 190 g/mol. The minimum absolute atomic E-state index is 0.0689. The van der Waals surface area contributed by atoms with Crippen LogP contribution in [-0.4, -0.2) is 5.78 Å². The predicted molar refractivity (Wildman–Crippen MR) is 52.5 cm³/mol. The van der Waals surface area contributed by atoms with E-state index < -0.39 is 0 Å². The summed E-state index contributed by atoms with van der Waals surface area (Å²) in [6, 6.07) is 6.19. The highest BCUT2D eigenvalue weighted by molar-refractivity contribution is 5.88. The molecule has 1 aromatic carbocycles. The molecule has 0 saturated carbocycles. The lowest BCUT2D eigenvalue weighted by Crippen LogP contribution is -2.13. The molecule has 0 bridgehead atoms. The molecule has 0 amide bonds. The first-order valence-corrected chi connectivity index (χ1v) is 4.70. The molecule has 72 valence electrons. The number of halogens is 1. The number of carbonyl (C=O) groups excluding carboxylic acids is 1. The lowest BCUT2D eigenvalue weighted by atomic mass is 9.87. The van der Waals surface area contributed by atoms with E-state index in [2.05, 4.69) is 0 Å². The Bertz CT molecular complexity index is 364. The Kier molecular flexibility index (Phi) is 2.44. The summed E-state index contributed by atoms with van der Waals surface area (Å²) in [5.41, 5.74) is 0.917. The van der Waals surface area contributed by atoms with Crippen molar-refractivity contribution in [3.05, 3.63) is 47.8 Å². The van der Waals surface area contributed by atoms with Crippen LogP contribution in [0.5, 0.6) is 0 Å². The van der Waals surface area contributed by atoms with E-state index in [0.717, 1.165) is 12.0 Å². The molecule has 0 aromatic heterocycles. The Balaban J connectivity index is 2.26. The summed E-state index contributed by atoms with van der Waals surface area (Å²) in [5.74, 6) is -0.104. The van der Waals surface area contributed by atoms with Gasteiger partial charge in [-0.3, -0.25) is 4.79 Å². The number of hydrogen-bond acceptors (Lipinski definition) is 1. The minimum Gasteiger partial charge on any atom is -0.299 e. The molecule has 0 heterocycles. The molecule has 0 radical (unpaired) electrons. The van der Waals surface area contributed by atoms with Gasteiger partial charge >= 0.3 is 0 Å². The Hall–Kier alpha value is -1.44. The zero-order chi connectivity index (χ0) is 9.97. The van der Waals surface area contributed by atoms with Crippen LogP contribution >= 0.6 is 0 Å². The number of rotatable bonds is 1. The van der Waals surface area contributed by atoms with Gasteiger partial charge in [-0.1, -0.05) is 24.3 Å². The molecule has 0 spiro atoms. The van der Waals surface area contributed by atoms with Crippen LogP contribution in [0.2, 0.25) is 0 Å². The fraction of sp³-hybridized carbons (Fsp3) is 0.250. The van der Waals surface area contributed by atoms with Gasteiger partial charge < -0.3 is 0 Å². The van der Waals surface area contributed by atoms with Crippen molar-refractivity contribution in [3.8, 4) is 0 Å². The van der Waals surface area contributed by atoms with E-state index in [-0.39, 0.29) is 17.5 Å². The number of Topliss-reactive ketones (excluding diaryl/α,β-unsaturated/α-hetero) is 1. The van der Waals surface area contributed by atoms with Crippen LogP contribution in [-0.2, 0) is 4.79 Å². The first-order valence-electron chi connectivity index (χ1n) is 4.70. The van der Waals surface area contributed by atoms with Crippen LogP contribution in [0.1, 0.15) is 24.3 Å². The van der Waals surface area contributed by atoms with Gasteiger partial charge in [0, 0.05) is 12.3 Å². The second kappa shape index (κ2) is 3.74. The maximum Gasteiger partial charge on any atom is 0.144 e. The van der Waals surface area contributed by atoms with E-state index in [1.807, 2.05) is 12.2 Å². The highest BCUT2D eigenvalue weighted by atomic mass is 19.1. The molecule has 1 nitrogen and oxygen atoms in total. The van der Waals surface area contributed by atoms with E-state index in [4.69, 9.17) is 0 Å². The minimum atomic E-state index is -0.257. The second-order valence-electron chi connectivity index (χ2n) is 3.48. The summed E-state index contributed by atoms with van der Waals surface area (Å²) < 4.78 is 12.7. The van der Waals surface area contributed by atoms with Gasteiger partial charge in [0.15, 0.2) is 0 Å². The summed E-state index contributed by atoms with van der Waals surface area (Å²) >= 11 is 0. The normalized spacial score (nSPS) is 21.2. The lowest BCUT2D eigenvalue weighted by Gasteiger charge is -2.16. The van der Waals surface area contributed by atoms with Crippen LogP contribution in [0.15, 0.2) is 36.4 Å². The number of carbonyl (C=O) groups is 1. The van der Waals surface area contributed by atoms with Gasteiger partial charge in [0.25, 0.3) is 0 Å². The van der Waals surface area contributed by atoms with E-state index in [1.54, 1.807) is 12.1 Å². The molecule has 0 saturated heterocycles. The quantitative estimate of drug-likeness (QED) is 0.622. The third-order valence-corrected chi connectivity index (χ3v) is 2.52. The van der Waals surface area contributed by atoms with Gasteiger partial charge in [-0.05, 0) is 24.1 Å². The molecule has 2 heteroatoms. The van der Waals surface area contributed by atoms with Gasteiger partial charge in [-0.25, -0.2) is 4.39 Å². The molecule has 1 aliphatic carbocycles. The van der Waals surface area contributed by atoms with Crippen LogP contribution in [0.3, 0.4) is 0 Å². The van der Waals surface area contributed by atoms with Crippen LogP contribution in [0.25, 0.3) is 0 Å². The Morgan fingerprint density at radius 2 is 1.86 bits per heavy atom. The molecule has 2 rings (SSSR count). The van der Waals surface area contributed by atoms with Crippen molar-refractivity contribution in [3.63, 3.8) is 0 Å². The highest BCUT2D eigenvalue weighted by Crippen LogP contribution is 2.26. The fourth-order valence-corrected chi connectivity index (χ4v) is 1.72. The maximum atomic E-state index is 12.7. The van der Waals surface area contributed by atoms with Crippen molar-refractivity contribution in [2.24, 2.45) is 0 Å². The van der Waals surface area contributed by atoms with Crippen LogP contribution < -0.4 is 0 Å². The Morgan fingerprint density at radius 3 is 2.50 bits per heavy atom. The van der Waals surface area contributed by atoms with Gasteiger partial charge in [-0.15, -0.1) is 0 Å². The Labute approximate surface area is 82.3 Å². The molecule has 1 aromatic rings. The van der Waals surface area contributed by atoms with Gasteiger partial charge in [0.1, 0.15) is 11.6 Å². The third kappa shape index (κ3) is 1.74. The summed E-state index contributed by atoms with van der Waals surface area (Å²) in [5, 5.41) is 0. The van der Waals surface area contributed by atoms with E-state index in [0.29, 0.717) is 6.42 Å². The van der Waals surface area contributed by atoms with E-state index >= 15 is 0 Å². The zero-order valence-electron chi connectivity index (χ0n) is 7.74. The first-order chi connectivity index (χ1) is 6.77. The van der Waals surface area contributed by atoms with Crippen molar-refractivity contribution >= 4 is 5.78 Å². The first kappa shape index (κ1) is 9.13. The molecule has 14 heavy (non-hydrogen) atoms. The molecule has 1 unspecified atom stereocenters. The van der Waals surface area contributed by atoms with Crippen molar-refractivity contribution in [1.29, 1.82) is 0 Å². The molecule has 1 aliphatic rings. The van der Waals surface area contributed by atoms with Gasteiger partial charge in [0.05, 0.1) is 0 Å². The monoisotopic (exact) mass is 190 g/mol. The highest BCUT2D eigenvalue weighted by Gasteiger charge is 2.20. The predicted octanol–water partition coefficient (Wildman–Crippen LogP) is 2.83. The number of benzene rings is 1. The van der Waals surface area contributed by atoms with Gasteiger partial charge in [0.2, 0.25) is 0 Å². The number of allylic oxidation sites excluding steroid dienone is 2. The van der Waals surface area contributed by atoms with Crippen molar-refractivity contribution in [1.82, 2.24) is 0 Å². The van der Waals surface area contributed by atoms with Crippen LogP contribution in [0.4, 0.5) is 4.39 Å². The zero-order valence-corrected chi connectivity index (χ0v) is 7.74. The summed E-state index contributed by atoms with van der Waals surface area (Å²) in [4.78, 5) is 11.5. The number of ketones is 1. The summed E-state index contributed by atoms with van der Waals surface area (Å²) in [7, 11) is 0. The smallest absolute Gasteiger partial charge is 0.144 e. The van der Waals surface area contributed by atoms with Gasteiger partial charge in [-0.2, -0.15) is 0 Å². The van der Waals surface area contributed by atoms with Crippen molar-refractivity contribution in [2.75, 3.05) is 0 Å². The summed E-state index contributed by atoms with van der Waals surface area (Å²) in [6.07, 6.45) is 5.14. The van der Waals surface area contributed by atoms with Crippen molar-refractivity contribution < 1.29 is 9.18 Å². The second-order valence-corrected chi connectivity index (χ2v) is 3.48.